The van der Waals surface area contributed by atoms with E-state index in [9.17, 15) is 4.79 Å². The van der Waals surface area contributed by atoms with Crippen LogP contribution in [0, 0.1) is 0 Å². The molecule has 0 radical (unpaired) electrons. The Labute approximate surface area is 114 Å². The van der Waals surface area contributed by atoms with Gasteiger partial charge >= 0.3 is 0 Å². The van der Waals surface area contributed by atoms with Crippen LogP contribution in [0.15, 0.2) is 28.1 Å². The highest BCUT2D eigenvalue weighted by Crippen LogP contribution is 2.25. The molecule has 3 heterocycles. The van der Waals surface area contributed by atoms with Crippen LogP contribution in [0.4, 0.5) is 0 Å². The van der Waals surface area contributed by atoms with Gasteiger partial charge in [-0.05, 0) is 30.7 Å². The topological polar surface area (TPSA) is 55.6 Å². The van der Waals surface area contributed by atoms with Crippen LogP contribution in [-0.4, -0.2) is 29.3 Å². The van der Waals surface area contributed by atoms with Gasteiger partial charge in [-0.1, -0.05) is 11.2 Å². The fourth-order valence-corrected chi connectivity index (χ4v) is 2.65. The molecule has 100 valence electrons. The molecule has 0 saturated carbocycles. The van der Waals surface area contributed by atoms with E-state index >= 15 is 0 Å². The zero-order valence-corrected chi connectivity index (χ0v) is 11.2. The highest BCUT2D eigenvalue weighted by molar-refractivity contribution is 7.13. The molecule has 3 rings (SSSR count). The number of hydrogen-bond acceptors (Lipinski definition) is 5. The van der Waals surface area contributed by atoms with Crippen molar-refractivity contribution in [2.24, 2.45) is 0 Å². The van der Waals surface area contributed by atoms with Gasteiger partial charge in [0, 0.05) is 12.6 Å². The Morgan fingerprint density at radius 2 is 2.32 bits per heavy atom. The lowest BCUT2D eigenvalue weighted by molar-refractivity contribution is -0.116. The maximum Gasteiger partial charge on any atom is 0.299 e. The second-order valence-electron chi connectivity index (χ2n) is 4.35. The summed E-state index contributed by atoms with van der Waals surface area (Å²) in [5, 5.41) is 7.19. The molecular weight excluding hydrogens is 264 g/mol. The molecule has 0 aromatic carbocycles. The van der Waals surface area contributed by atoms with Crippen LogP contribution in [0.25, 0.3) is 10.6 Å². The van der Waals surface area contributed by atoms with Gasteiger partial charge in [0.05, 0.1) is 11.5 Å². The third-order valence-corrected chi connectivity index (χ3v) is 3.86. The zero-order valence-electron chi connectivity index (χ0n) is 10.4. The number of amides is 1. The first-order chi connectivity index (χ1) is 9.34. The summed E-state index contributed by atoms with van der Waals surface area (Å²) in [7, 11) is 0. The Bertz CT molecular complexity index is 542. The number of carbonyl (C=O) groups is 1. The number of thiophene rings is 1. The average molecular weight is 278 g/mol. The molecule has 0 aliphatic carbocycles. The van der Waals surface area contributed by atoms with E-state index in [1.807, 2.05) is 17.5 Å². The monoisotopic (exact) mass is 278 g/mol. The Morgan fingerprint density at radius 1 is 1.37 bits per heavy atom. The molecule has 1 amide bonds. The van der Waals surface area contributed by atoms with Crippen molar-refractivity contribution in [3.8, 4) is 10.6 Å². The molecule has 0 bridgehead atoms. The van der Waals surface area contributed by atoms with Crippen LogP contribution in [0.1, 0.15) is 29.8 Å². The summed E-state index contributed by atoms with van der Waals surface area (Å²) in [6.07, 6.45) is 3.04. The lowest BCUT2D eigenvalue weighted by Gasteiger charge is -2.17. The number of rotatable bonds is 2. The molecule has 1 aliphatic heterocycles. The maximum atomic E-state index is 12.2. The quantitative estimate of drug-likeness (QED) is 0.847. The first-order valence-electron chi connectivity index (χ1n) is 6.30. The van der Waals surface area contributed by atoms with Crippen molar-refractivity contribution in [2.75, 3.05) is 13.2 Å². The van der Waals surface area contributed by atoms with E-state index in [0.29, 0.717) is 24.6 Å². The fourth-order valence-electron chi connectivity index (χ4n) is 1.97. The predicted molar refractivity (Wildman–Crippen MR) is 70.7 cm³/mol. The van der Waals surface area contributed by atoms with E-state index in [4.69, 9.17) is 9.36 Å². The summed E-state index contributed by atoms with van der Waals surface area (Å²) < 4.78 is 5.21. The molecular formula is C13H14N2O3S. The molecule has 2 aromatic rings. The molecule has 0 atom stereocenters. The Hall–Kier alpha value is -1.66. The normalized spacial score (nSPS) is 16.3. The molecule has 5 nitrogen and oxygen atoms in total. The first kappa shape index (κ1) is 12.4. The van der Waals surface area contributed by atoms with Crippen molar-refractivity contribution in [1.29, 1.82) is 0 Å². The summed E-state index contributed by atoms with van der Waals surface area (Å²) >= 11 is 1.55. The van der Waals surface area contributed by atoms with Crippen molar-refractivity contribution in [3.05, 3.63) is 29.3 Å². The number of hydrogen-bond donors (Lipinski definition) is 0. The van der Waals surface area contributed by atoms with E-state index in [2.05, 4.69) is 5.16 Å². The highest BCUT2D eigenvalue weighted by atomic mass is 32.1. The van der Waals surface area contributed by atoms with Gasteiger partial charge in [-0.25, -0.2) is 5.06 Å². The average Bonchev–Trinajstić information content (AvgIpc) is 3.04. The van der Waals surface area contributed by atoms with Crippen molar-refractivity contribution < 1.29 is 14.2 Å². The van der Waals surface area contributed by atoms with E-state index in [0.717, 1.165) is 24.1 Å². The smallest absolute Gasteiger partial charge is 0.299 e. The predicted octanol–water partition coefficient (Wildman–Crippen LogP) is 2.96. The summed E-state index contributed by atoms with van der Waals surface area (Å²) in [4.78, 5) is 18.6. The standard InChI is InChI=1S/C13H14N2O3S/c16-13(15-6-2-1-3-7-17-15)10-9-11(18-14-10)12-5-4-8-19-12/h4-5,8-9H,1-3,6-7H2. The molecule has 1 fully saturated rings. The van der Waals surface area contributed by atoms with Crippen molar-refractivity contribution >= 4 is 17.2 Å². The lowest BCUT2D eigenvalue weighted by Crippen LogP contribution is -2.31. The minimum absolute atomic E-state index is 0.228. The third-order valence-electron chi connectivity index (χ3n) is 2.97. The first-order valence-corrected chi connectivity index (χ1v) is 7.18. The van der Waals surface area contributed by atoms with Crippen molar-refractivity contribution in [1.82, 2.24) is 10.2 Å². The van der Waals surface area contributed by atoms with E-state index in [1.165, 1.54) is 5.06 Å². The van der Waals surface area contributed by atoms with Gasteiger partial charge < -0.3 is 4.52 Å². The van der Waals surface area contributed by atoms with Gasteiger partial charge in [0.1, 0.15) is 0 Å². The summed E-state index contributed by atoms with van der Waals surface area (Å²) in [5.74, 6) is 0.390. The zero-order chi connectivity index (χ0) is 13.1. The van der Waals surface area contributed by atoms with Gasteiger partial charge in [0.25, 0.3) is 5.91 Å². The van der Waals surface area contributed by atoms with Crippen LogP contribution in [0.2, 0.25) is 0 Å². The number of carbonyl (C=O) groups excluding carboxylic acids is 1. The minimum atomic E-state index is -0.228. The number of nitrogens with zero attached hydrogens (tertiary/aromatic N) is 2. The summed E-state index contributed by atoms with van der Waals surface area (Å²) in [6.45, 7) is 1.20. The van der Waals surface area contributed by atoms with Crippen LogP contribution >= 0.6 is 11.3 Å². The molecule has 0 N–H and O–H groups in total. The van der Waals surface area contributed by atoms with Gasteiger partial charge in [-0.15, -0.1) is 11.3 Å². The van der Waals surface area contributed by atoms with Crippen LogP contribution < -0.4 is 0 Å². The van der Waals surface area contributed by atoms with Gasteiger partial charge in [0.2, 0.25) is 0 Å². The van der Waals surface area contributed by atoms with Crippen LogP contribution in [0.5, 0.6) is 0 Å². The van der Waals surface area contributed by atoms with Gasteiger partial charge in [-0.2, -0.15) is 0 Å². The molecule has 19 heavy (non-hydrogen) atoms. The van der Waals surface area contributed by atoms with E-state index in [1.54, 1.807) is 17.4 Å². The van der Waals surface area contributed by atoms with Crippen LogP contribution in [0.3, 0.4) is 0 Å². The summed E-state index contributed by atoms with van der Waals surface area (Å²) in [6, 6.07) is 5.53. The van der Waals surface area contributed by atoms with Gasteiger partial charge in [0.15, 0.2) is 11.5 Å². The van der Waals surface area contributed by atoms with Crippen LogP contribution in [-0.2, 0) is 4.84 Å². The fraction of sp³-hybridized carbons (Fsp3) is 0.385. The SMILES string of the molecule is O=C(c1cc(-c2cccs2)on1)N1CCCCCO1. The highest BCUT2D eigenvalue weighted by Gasteiger charge is 2.22. The molecule has 0 unspecified atom stereocenters. The van der Waals surface area contributed by atoms with E-state index in [-0.39, 0.29) is 5.91 Å². The number of hydroxylamine groups is 2. The Morgan fingerprint density at radius 3 is 3.16 bits per heavy atom. The Balaban J connectivity index is 1.76. The summed E-state index contributed by atoms with van der Waals surface area (Å²) in [5.41, 5.74) is 0.297. The van der Waals surface area contributed by atoms with Gasteiger partial charge in [-0.3, -0.25) is 9.63 Å². The van der Waals surface area contributed by atoms with E-state index < -0.39 is 0 Å². The molecule has 0 spiro atoms. The molecule has 1 aliphatic rings. The lowest BCUT2D eigenvalue weighted by atomic mass is 10.2. The molecule has 1 saturated heterocycles. The largest absolute Gasteiger partial charge is 0.355 e. The number of aromatic nitrogens is 1. The van der Waals surface area contributed by atoms with Crippen molar-refractivity contribution in [2.45, 2.75) is 19.3 Å². The second-order valence-corrected chi connectivity index (χ2v) is 5.30. The minimum Gasteiger partial charge on any atom is -0.355 e. The molecule has 6 heteroatoms. The second kappa shape index (κ2) is 5.54. The van der Waals surface area contributed by atoms with Crippen molar-refractivity contribution in [3.63, 3.8) is 0 Å². The maximum absolute atomic E-state index is 12.2. The molecule has 2 aromatic heterocycles. The third kappa shape index (κ3) is 2.69. The Kier molecular flexibility index (Phi) is 3.61.